The van der Waals surface area contributed by atoms with E-state index in [1.165, 1.54) is 18.4 Å². The molecule has 4 rings (SSSR count). The first-order valence-electron chi connectivity index (χ1n) is 6.40. The Morgan fingerprint density at radius 2 is 1.67 bits per heavy atom. The Bertz CT molecular complexity index is 1020. The van der Waals surface area contributed by atoms with Crippen LogP contribution in [0.15, 0.2) is 41.2 Å². The fourth-order valence-electron chi connectivity index (χ4n) is 2.70. The molecule has 2 aromatic carbocycles. The van der Waals surface area contributed by atoms with Gasteiger partial charge >= 0.3 is 0 Å². The van der Waals surface area contributed by atoms with Gasteiger partial charge in [-0.1, -0.05) is 12.1 Å². The zero-order valence-electron chi connectivity index (χ0n) is 11.0. The van der Waals surface area contributed by atoms with Gasteiger partial charge in [-0.3, -0.25) is 19.3 Å². The Balaban J connectivity index is 2.25. The Morgan fingerprint density at radius 1 is 0.905 bits per heavy atom. The maximum atomic E-state index is 12.6. The highest BCUT2D eigenvalue weighted by Gasteiger charge is 2.35. The number of carbonyl (C=O) groups excluding carboxylic acids is 2. The monoisotopic (exact) mass is 295 g/mol. The van der Waals surface area contributed by atoms with Crippen LogP contribution in [0.2, 0.25) is 0 Å². The second-order valence-corrected chi connectivity index (χ2v) is 6.01. The van der Waals surface area contributed by atoms with Gasteiger partial charge in [-0.25, -0.2) is 0 Å². The van der Waals surface area contributed by atoms with Crippen LogP contribution in [-0.2, 0) is 0 Å². The summed E-state index contributed by atoms with van der Waals surface area (Å²) in [7, 11) is 1.46. The summed E-state index contributed by atoms with van der Waals surface area (Å²) in [6, 6.07) is 10.5. The smallest absolute Gasteiger partial charge is 0.262 e. The van der Waals surface area contributed by atoms with Crippen LogP contribution in [0.1, 0.15) is 20.7 Å². The van der Waals surface area contributed by atoms with Crippen LogP contribution < -0.4 is 5.43 Å². The van der Waals surface area contributed by atoms with Crippen molar-refractivity contribution in [3.05, 3.63) is 57.7 Å². The SMILES string of the molecule is CN1C(=O)c2ccc3c(=O)c4ccccc4sc3c2C1=O. The van der Waals surface area contributed by atoms with Gasteiger partial charge in [0.15, 0.2) is 5.43 Å². The fraction of sp³-hybridized carbons (Fsp3) is 0.0625. The molecule has 2 heterocycles. The van der Waals surface area contributed by atoms with Crippen molar-refractivity contribution in [1.29, 1.82) is 0 Å². The Labute approximate surface area is 123 Å². The standard InChI is InChI=1S/C16H9NO3S/c1-17-15(19)9-6-7-10-13(18)8-4-2-3-5-11(8)21-14(10)12(9)16(17)20/h2-7H,1H3. The highest BCUT2D eigenvalue weighted by Crippen LogP contribution is 2.33. The highest BCUT2D eigenvalue weighted by atomic mass is 32.1. The summed E-state index contributed by atoms with van der Waals surface area (Å²) in [5.41, 5.74) is 0.630. The quantitative estimate of drug-likeness (QED) is 0.473. The van der Waals surface area contributed by atoms with Gasteiger partial charge in [0.1, 0.15) is 0 Å². The van der Waals surface area contributed by atoms with Crippen LogP contribution in [-0.4, -0.2) is 23.8 Å². The number of hydrogen-bond donors (Lipinski definition) is 0. The lowest BCUT2D eigenvalue weighted by Crippen LogP contribution is -2.24. The molecule has 2 amide bonds. The van der Waals surface area contributed by atoms with Gasteiger partial charge in [-0.05, 0) is 24.3 Å². The van der Waals surface area contributed by atoms with E-state index in [0.29, 0.717) is 26.6 Å². The number of nitrogens with zero attached hydrogens (tertiary/aromatic N) is 1. The molecule has 1 aromatic heterocycles. The zero-order valence-corrected chi connectivity index (χ0v) is 11.9. The molecule has 21 heavy (non-hydrogen) atoms. The molecule has 0 atom stereocenters. The van der Waals surface area contributed by atoms with Crippen molar-refractivity contribution in [2.45, 2.75) is 0 Å². The molecule has 0 unspecified atom stereocenters. The minimum absolute atomic E-state index is 0.100. The molecule has 0 spiro atoms. The third-order valence-corrected chi connectivity index (χ3v) is 5.00. The van der Waals surface area contributed by atoms with Crippen LogP contribution in [0.5, 0.6) is 0 Å². The maximum absolute atomic E-state index is 12.6. The lowest BCUT2D eigenvalue weighted by molar-refractivity contribution is 0.0694. The third kappa shape index (κ3) is 1.46. The highest BCUT2D eigenvalue weighted by molar-refractivity contribution is 7.25. The lowest BCUT2D eigenvalue weighted by atomic mass is 10.1. The molecule has 1 aliphatic heterocycles. The summed E-state index contributed by atoms with van der Waals surface area (Å²) in [4.78, 5) is 38.0. The topological polar surface area (TPSA) is 54.5 Å². The van der Waals surface area contributed by atoms with Crippen molar-refractivity contribution in [2.24, 2.45) is 0 Å². The molecular formula is C16H9NO3S. The molecule has 0 saturated carbocycles. The van der Waals surface area contributed by atoms with Crippen molar-refractivity contribution in [3.8, 4) is 0 Å². The predicted octanol–water partition coefficient (Wildman–Crippen LogP) is 2.64. The van der Waals surface area contributed by atoms with E-state index >= 15 is 0 Å². The first-order valence-corrected chi connectivity index (χ1v) is 7.22. The van der Waals surface area contributed by atoms with E-state index in [4.69, 9.17) is 0 Å². The first kappa shape index (κ1) is 12.2. The number of fused-ring (bicyclic) bond motifs is 4. The van der Waals surface area contributed by atoms with Gasteiger partial charge < -0.3 is 0 Å². The largest absolute Gasteiger partial charge is 0.289 e. The molecular weight excluding hydrogens is 286 g/mol. The van der Waals surface area contributed by atoms with E-state index in [9.17, 15) is 14.4 Å². The molecule has 0 aliphatic carbocycles. The van der Waals surface area contributed by atoms with Crippen LogP contribution in [0, 0.1) is 0 Å². The number of benzene rings is 2. The molecule has 5 heteroatoms. The summed E-state index contributed by atoms with van der Waals surface area (Å²) in [5, 5.41) is 1.13. The molecule has 0 fully saturated rings. The summed E-state index contributed by atoms with van der Waals surface area (Å²) in [5.74, 6) is -0.656. The van der Waals surface area contributed by atoms with E-state index in [1.54, 1.807) is 18.2 Å². The molecule has 1 aliphatic rings. The first-order chi connectivity index (χ1) is 10.1. The van der Waals surface area contributed by atoms with E-state index in [-0.39, 0.29) is 17.2 Å². The molecule has 0 radical (unpaired) electrons. The van der Waals surface area contributed by atoms with E-state index < -0.39 is 0 Å². The second kappa shape index (κ2) is 3.99. The molecule has 102 valence electrons. The number of hydrogen-bond acceptors (Lipinski definition) is 4. The van der Waals surface area contributed by atoms with Gasteiger partial charge in [-0.2, -0.15) is 0 Å². The summed E-state index contributed by atoms with van der Waals surface area (Å²) < 4.78 is 1.41. The molecule has 3 aromatic rings. The normalized spacial score (nSPS) is 14.2. The van der Waals surface area contributed by atoms with Crippen LogP contribution in [0.3, 0.4) is 0 Å². The molecule has 0 saturated heterocycles. The summed E-state index contributed by atoms with van der Waals surface area (Å²) in [6.45, 7) is 0. The van der Waals surface area contributed by atoms with Gasteiger partial charge in [0, 0.05) is 22.5 Å². The Kier molecular flexibility index (Phi) is 2.32. The summed E-state index contributed by atoms with van der Waals surface area (Å²) >= 11 is 1.38. The van der Waals surface area contributed by atoms with E-state index in [1.807, 2.05) is 18.2 Å². The van der Waals surface area contributed by atoms with Crippen molar-refractivity contribution >= 4 is 43.3 Å². The predicted molar refractivity (Wildman–Crippen MR) is 82.0 cm³/mol. The van der Waals surface area contributed by atoms with E-state index in [2.05, 4.69) is 0 Å². The average molecular weight is 295 g/mol. The van der Waals surface area contributed by atoms with Crippen molar-refractivity contribution in [3.63, 3.8) is 0 Å². The van der Waals surface area contributed by atoms with Gasteiger partial charge in [-0.15, -0.1) is 11.3 Å². The van der Waals surface area contributed by atoms with Crippen molar-refractivity contribution < 1.29 is 9.59 Å². The van der Waals surface area contributed by atoms with E-state index in [0.717, 1.165) is 9.60 Å². The maximum Gasteiger partial charge on any atom is 0.262 e. The second-order valence-electron chi connectivity index (χ2n) is 4.96. The van der Waals surface area contributed by atoms with Gasteiger partial charge in [0.25, 0.3) is 11.8 Å². The van der Waals surface area contributed by atoms with Crippen LogP contribution in [0.4, 0.5) is 0 Å². The third-order valence-electron chi connectivity index (χ3n) is 3.80. The average Bonchev–Trinajstić information content (AvgIpc) is 2.72. The zero-order chi connectivity index (χ0) is 14.7. The molecule has 0 bridgehead atoms. The van der Waals surface area contributed by atoms with Crippen molar-refractivity contribution in [2.75, 3.05) is 7.05 Å². The number of carbonyl (C=O) groups is 2. The van der Waals surface area contributed by atoms with Crippen LogP contribution in [0.25, 0.3) is 20.2 Å². The molecule has 0 N–H and O–H groups in total. The van der Waals surface area contributed by atoms with Gasteiger partial charge in [0.05, 0.1) is 15.8 Å². The number of imide groups is 1. The minimum Gasteiger partial charge on any atom is -0.289 e. The Morgan fingerprint density at radius 3 is 2.48 bits per heavy atom. The Hall–Kier alpha value is -2.53. The summed E-state index contributed by atoms with van der Waals surface area (Å²) in [6.07, 6.45) is 0. The number of amides is 2. The minimum atomic E-state index is -0.341. The van der Waals surface area contributed by atoms with Gasteiger partial charge in [0.2, 0.25) is 0 Å². The number of rotatable bonds is 0. The fourth-order valence-corrected chi connectivity index (χ4v) is 3.90. The molecule has 4 nitrogen and oxygen atoms in total. The van der Waals surface area contributed by atoms with Crippen molar-refractivity contribution in [1.82, 2.24) is 4.90 Å². The lowest BCUT2D eigenvalue weighted by Gasteiger charge is -2.04. The van der Waals surface area contributed by atoms with Crippen LogP contribution >= 0.6 is 11.3 Å².